The van der Waals surface area contributed by atoms with Crippen LogP contribution in [0.2, 0.25) is 0 Å². The molecule has 2 saturated heterocycles. The van der Waals surface area contributed by atoms with Gasteiger partial charge in [-0.2, -0.15) is 0 Å². The molecule has 1 amide bonds. The highest BCUT2D eigenvalue weighted by atomic mass is 19.2. The third kappa shape index (κ3) is 4.22. The zero-order valence-electron chi connectivity index (χ0n) is 17.6. The van der Waals surface area contributed by atoms with Crippen LogP contribution in [0.15, 0.2) is 36.4 Å². The van der Waals surface area contributed by atoms with Crippen molar-refractivity contribution in [2.75, 3.05) is 40.5 Å². The first-order valence-electron chi connectivity index (χ1n) is 10.2. The van der Waals surface area contributed by atoms with Crippen LogP contribution in [0.3, 0.4) is 0 Å². The van der Waals surface area contributed by atoms with Crippen molar-refractivity contribution in [1.82, 2.24) is 10.2 Å². The number of hydrogen-bond donors (Lipinski definition) is 1. The van der Waals surface area contributed by atoms with Crippen LogP contribution in [0.5, 0.6) is 11.5 Å². The highest BCUT2D eigenvalue weighted by Gasteiger charge is 2.49. The Morgan fingerprint density at radius 2 is 2.03 bits per heavy atom. The molecule has 0 unspecified atom stereocenters. The number of nitrogens with one attached hydrogen (secondary N) is 1. The Bertz CT molecular complexity index is 971. The molecule has 8 heteroatoms. The minimum Gasteiger partial charge on any atom is -0.493 e. The molecule has 2 aliphatic heterocycles. The molecule has 0 bridgehead atoms. The summed E-state index contributed by atoms with van der Waals surface area (Å²) in [6.07, 6.45) is 0.274. The van der Waals surface area contributed by atoms with Crippen LogP contribution in [0.25, 0.3) is 0 Å². The molecule has 1 N–H and O–H groups in total. The van der Waals surface area contributed by atoms with Crippen LogP contribution in [0.4, 0.5) is 8.78 Å². The van der Waals surface area contributed by atoms with Crippen molar-refractivity contribution in [1.29, 1.82) is 0 Å². The summed E-state index contributed by atoms with van der Waals surface area (Å²) >= 11 is 0. The molecular formula is C23H26F2N2O4. The molecule has 2 fully saturated rings. The molecule has 4 rings (SSSR count). The number of halogens is 2. The lowest BCUT2D eigenvalue weighted by molar-refractivity contribution is -0.122. The van der Waals surface area contributed by atoms with Crippen molar-refractivity contribution in [3.63, 3.8) is 0 Å². The Hall–Kier alpha value is -2.71. The maximum Gasteiger partial charge on any atom is 0.222 e. The van der Waals surface area contributed by atoms with Crippen LogP contribution in [0, 0.1) is 11.6 Å². The number of amides is 1. The molecule has 0 aromatic heterocycles. The topological polar surface area (TPSA) is 60.0 Å². The lowest BCUT2D eigenvalue weighted by Crippen LogP contribution is -2.55. The Balaban J connectivity index is 1.68. The summed E-state index contributed by atoms with van der Waals surface area (Å²) in [5, 5.41) is 3.13. The number of carbonyl (C=O) groups excluding carboxylic acids is 1. The Labute approximate surface area is 180 Å². The van der Waals surface area contributed by atoms with E-state index < -0.39 is 17.2 Å². The predicted molar refractivity (Wildman–Crippen MR) is 110 cm³/mol. The van der Waals surface area contributed by atoms with Crippen molar-refractivity contribution >= 4 is 5.91 Å². The van der Waals surface area contributed by atoms with E-state index in [-0.39, 0.29) is 18.2 Å². The van der Waals surface area contributed by atoms with Crippen LogP contribution in [0.1, 0.15) is 23.5 Å². The molecule has 0 saturated carbocycles. The number of ether oxygens (including phenoxy) is 3. The quantitative estimate of drug-likeness (QED) is 0.788. The fraction of sp³-hybridized carbons (Fsp3) is 0.435. The average Bonchev–Trinajstić information content (AvgIpc) is 2.98. The third-order valence-electron chi connectivity index (χ3n) is 6.06. The summed E-state index contributed by atoms with van der Waals surface area (Å²) < 4.78 is 44.3. The van der Waals surface area contributed by atoms with Crippen LogP contribution in [-0.4, -0.2) is 56.9 Å². The number of carbonyl (C=O) groups is 1. The maximum absolute atomic E-state index is 14.0. The SMILES string of the molecule is COc1cccc(CN2C[C@@H](c3ccc(F)c(F)c3)[C@@]3(COCCC(=O)N3)C2)c1OC. The first-order valence-corrected chi connectivity index (χ1v) is 10.2. The molecular weight excluding hydrogens is 406 g/mol. The molecule has 2 atom stereocenters. The molecule has 1 spiro atoms. The molecule has 2 aromatic rings. The second-order valence-corrected chi connectivity index (χ2v) is 8.06. The van der Waals surface area contributed by atoms with E-state index in [0.717, 1.165) is 11.6 Å². The van der Waals surface area contributed by atoms with Gasteiger partial charge in [-0.3, -0.25) is 9.69 Å². The van der Waals surface area contributed by atoms with Crippen molar-refractivity contribution < 1.29 is 27.8 Å². The number of likely N-dealkylation sites (tertiary alicyclic amines) is 1. The first kappa shape index (κ1) is 21.5. The molecule has 31 heavy (non-hydrogen) atoms. The van der Waals surface area contributed by atoms with E-state index in [4.69, 9.17) is 14.2 Å². The number of hydrogen-bond acceptors (Lipinski definition) is 5. The van der Waals surface area contributed by atoms with E-state index in [1.165, 1.54) is 6.07 Å². The molecule has 166 valence electrons. The number of benzene rings is 2. The van der Waals surface area contributed by atoms with Gasteiger partial charge in [-0.1, -0.05) is 18.2 Å². The first-order chi connectivity index (χ1) is 15.0. The highest BCUT2D eigenvalue weighted by molar-refractivity contribution is 5.77. The van der Waals surface area contributed by atoms with Crippen LogP contribution in [-0.2, 0) is 16.1 Å². The van der Waals surface area contributed by atoms with E-state index >= 15 is 0 Å². The summed E-state index contributed by atoms with van der Waals surface area (Å²) in [5.41, 5.74) is 0.831. The zero-order chi connectivity index (χ0) is 22.0. The van der Waals surface area contributed by atoms with Crippen molar-refractivity contribution in [3.05, 3.63) is 59.2 Å². The van der Waals surface area contributed by atoms with Gasteiger partial charge < -0.3 is 19.5 Å². The molecule has 0 radical (unpaired) electrons. The van der Waals surface area contributed by atoms with E-state index in [1.807, 2.05) is 18.2 Å². The van der Waals surface area contributed by atoms with Gasteiger partial charge in [-0.15, -0.1) is 0 Å². The van der Waals surface area contributed by atoms with E-state index in [1.54, 1.807) is 20.3 Å². The summed E-state index contributed by atoms with van der Waals surface area (Å²) in [5.74, 6) is -0.878. The maximum atomic E-state index is 14.0. The van der Waals surface area contributed by atoms with Gasteiger partial charge in [-0.05, 0) is 23.8 Å². The minimum absolute atomic E-state index is 0.106. The molecule has 2 aromatic carbocycles. The van der Waals surface area contributed by atoms with Gasteiger partial charge >= 0.3 is 0 Å². The summed E-state index contributed by atoms with van der Waals surface area (Å²) in [6.45, 7) is 2.21. The second kappa shape index (κ2) is 8.80. The Morgan fingerprint density at radius 3 is 2.77 bits per heavy atom. The Morgan fingerprint density at radius 1 is 1.19 bits per heavy atom. The molecule has 0 aliphatic carbocycles. The standard InChI is InChI=1S/C23H26F2N2O4/c1-29-20-5-3-4-16(22(20)30-2)11-27-12-17(15-6-7-18(24)19(25)10-15)23(13-27)14-31-9-8-21(28)26-23/h3-7,10,17H,8-9,11-14H2,1-2H3,(H,26,28)/t17-,23-/m0/s1. The van der Waals surface area contributed by atoms with Gasteiger partial charge in [0.15, 0.2) is 23.1 Å². The Kier molecular flexibility index (Phi) is 6.11. The van der Waals surface area contributed by atoms with Gasteiger partial charge in [0.05, 0.1) is 33.0 Å². The van der Waals surface area contributed by atoms with Crippen molar-refractivity contribution in [2.24, 2.45) is 0 Å². The smallest absolute Gasteiger partial charge is 0.222 e. The van der Waals surface area contributed by atoms with E-state index in [0.29, 0.717) is 49.9 Å². The highest BCUT2D eigenvalue weighted by Crippen LogP contribution is 2.40. The van der Waals surface area contributed by atoms with E-state index in [2.05, 4.69) is 10.2 Å². The van der Waals surface area contributed by atoms with Gasteiger partial charge in [0.1, 0.15) is 0 Å². The van der Waals surface area contributed by atoms with Crippen molar-refractivity contribution in [2.45, 2.75) is 24.4 Å². The normalized spacial score (nSPS) is 24.1. The number of methoxy groups -OCH3 is 2. The lowest BCUT2D eigenvalue weighted by Gasteiger charge is -2.34. The minimum atomic E-state index is -0.901. The number of rotatable bonds is 5. The zero-order valence-corrected chi connectivity index (χ0v) is 17.6. The largest absolute Gasteiger partial charge is 0.493 e. The molecule has 2 aliphatic rings. The van der Waals surface area contributed by atoms with E-state index in [9.17, 15) is 13.6 Å². The molecule has 2 heterocycles. The second-order valence-electron chi connectivity index (χ2n) is 8.06. The van der Waals surface area contributed by atoms with Gasteiger partial charge in [0.25, 0.3) is 0 Å². The van der Waals surface area contributed by atoms with Crippen LogP contribution >= 0.6 is 0 Å². The number of para-hydroxylation sites is 1. The molecule has 6 nitrogen and oxygen atoms in total. The lowest BCUT2D eigenvalue weighted by atomic mass is 9.82. The fourth-order valence-corrected chi connectivity index (χ4v) is 4.67. The van der Waals surface area contributed by atoms with Gasteiger partial charge in [0.2, 0.25) is 5.91 Å². The predicted octanol–water partition coefficient (Wildman–Crippen LogP) is 2.86. The monoisotopic (exact) mass is 432 g/mol. The number of nitrogens with zero attached hydrogens (tertiary/aromatic N) is 1. The van der Waals surface area contributed by atoms with Gasteiger partial charge in [0, 0.05) is 37.5 Å². The fourth-order valence-electron chi connectivity index (χ4n) is 4.67. The van der Waals surface area contributed by atoms with Crippen molar-refractivity contribution in [3.8, 4) is 11.5 Å². The van der Waals surface area contributed by atoms with Gasteiger partial charge in [-0.25, -0.2) is 8.78 Å². The summed E-state index contributed by atoms with van der Waals surface area (Å²) in [7, 11) is 3.18. The average molecular weight is 432 g/mol. The van der Waals surface area contributed by atoms with Crippen LogP contribution < -0.4 is 14.8 Å². The summed E-state index contributed by atoms with van der Waals surface area (Å²) in [4.78, 5) is 14.6. The third-order valence-corrected chi connectivity index (χ3v) is 6.06. The summed E-state index contributed by atoms with van der Waals surface area (Å²) in [6, 6.07) is 9.61.